The summed E-state index contributed by atoms with van der Waals surface area (Å²) in [5.41, 5.74) is 1.42. The molecule has 1 aromatic carbocycles. The minimum atomic E-state index is -0.111. The third kappa shape index (κ3) is 4.39. The first-order chi connectivity index (χ1) is 10.7. The lowest BCUT2D eigenvalue weighted by atomic mass is 10.00. The van der Waals surface area contributed by atoms with Crippen molar-refractivity contribution in [2.45, 2.75) is 26.2 Å². The van der Waals surface area contributed by atoms with E-state index in [1.165, 1.54) is 6.33 Å². The summed E-state index contributed by atoms with van der Waals surface area (Å²) in [7, 11) is 0. The summed E-state index contributed by atoms with van der Waals surface area (Å²) >= 11 is 0. The Hall–Kier alpha value is -2.21. The molecule has 0 bridgehead atoms. The standard InChI is InChI=1S/C16H22N4O2/c1-2-4-12(7-8-21)10-17-16(22)14-6-3-5-13(9-14)15-18-11-19-20-15/h3,5-6,9,11-12,21H,2,4,7-8,10H2,1H3,(H,17,22)(H,18,19,20). The number of rotatable bonds is 8. The maximum absolute atomic E-state index is 12.3. The predicted molar refractivity (Wildman–Crippen MR) is 84.3 cm³/mol. The number of hydrogen-bond donors (Lipinski definition) is 3. The molecular weight excluding hydrogens is 280 g/mol. The second-order valence-corrected chi connectivity index (χ2v) is 5.29. The van der Waals surface area contributed by atoms with E-state index in [1.54, 1.807) is 12.1 Å². The van der Waals surface area contributed by atoms with Crippen LogP contribution in [0.1, 0.15) is 36.5 Å². The molecule has 1 atom stereocenters. The first-order valence-electron chi connectivity index (χ1n) is 7.59. The van der Waals surface area contributed by atoms with Crippen LogP contribution in [0.5, 0.6) is 0 Å². The fourth-order valence-electron chi connectivity index (χ4n) is 2.43. The molecule has 6 heteroatoms. The van der Waals surface area contributed by atoms with Crippen LogP contribution in [0.2, 0.25) is 0 Å². The number of benzene rings is 1. The van der Waals surface area contributed by atoms with Gasteiger partial charge in [0.1, 0.15) is 6.33 Å². The lowest BCUT2D eigenvalue weighted by Crippen LogP contribution is -2.29. The van der Waals surface area contributed by atoms with Crippen LogP contribution >= 0.6 is 0 Å². The summed E-state index contributed by atoms with van der Waals surface area (Å²) < 4.78 is 0. The van der Waals surface area contributed by atoms with Gasteiger partial charge >= 0.3 is 0 Å². The average molecular weight is 302 g/mol. The molecule has 1 heterocycles. The zero-order chi connectivity index (χ0) is 15.8. The topological polar surface area (TPSA) is 90.9 Å². The van der Waals surface area contributed by atoms with E-state index in [4.69, 9.17) is 5.11 Å². The number of aromatic amines is 1. The number of amides is 1. The lowest BCUT2D eigenvalue weighted by molar-refractivity contribution is 0.0943. The average Bonchev–Trinajstić information content (AvgIpc) is 3.07. The number of aliphatic hydroxyl groups excluding tert-OH is 1. The van der Waals surface area contributed by atoms with E-state index >= 15 is 0 Å². The summed E-state index contributed by atoms with van der Waals surface area (Å²) in [5, 5.41) is 18.6. The van der Waals surface area contributed by atoms with Gasteiger partial charge in [-0.1, -0.05) is 25.5 Å². The van der Waals surface area contributed by atoms with Gasteiger partial charge in [0.25, 0.3) is 5.91 Å². The van der Waals surface area contributed by atoms with Crippen molar-refractivity contribution in [2.75, 3.05) is 13.2 Å². The summed E-state index contributed by atoms with van der Waals surface area (Å²) in [4.78, 5) is 16.3. The predicted octanol–water partition coefficient (Wildman–Crippen LogP) is 2.00. The number of aromatic nitrogens is 3. The van der Waals surface area contributed by atoms with Crippen LogP contribution in [0.25, 0.3) is 11.4 Å². The largest absolute Gasteiger partial charge is 0.396 e. The Morgan fingerprint density at radius 3 is 2.95 bits per heavy atom. The number of H-pyrrole nitrogens is 1. The van der Waals surface area contributed by atoms with Gasteiger partial charge < -0.3 is 10.4 Å². The molecule has 0 fully saturated rings. The number of hydrogen-bond acceptors (Lipinski definition) is 4. The van der Waals surface area contributed by atoms with Crippen molar-refractivity contribution < 1.29 is 9.90 Å². The first kappa shape index (κ1) is 16.2. The van der Waals surface area contributed by atoms with Crippen molar-refractivity contribution in [1.29, 1.82) is 0 Å². The molecular formula is C16H22N4O2. The van der Waals surface area contributed by atoms with Gasteiger partial charge in [-0.2, -0.15) is 5.10 Å². The molecule has 1 aromatic heterocycles. The quantitative estimate of drug-likeness (QED) is 0.695. The van der Waals surface area contributed by atoms with Gasteiger partial charge in [0.05, 0.1) is 0 Å². The van der Waals surface area contributed by atoms with E-state index in [1.807, 2.05) is 12.1 Å². The van der Waals surface area contributed by atoms with Crippen molar-refractivity contribution >= 4 is 5.91 Å². The number of carbonyl (C=O) groups excluding carboxylic acids is 1. The molecule has 2 rings (SSSR count). The molecule has 1 unspecified atom stereocenters. The fourth-order valence-corrected chi connectivity index (χ4v) is 2.43. The van der Waals surface area contributed by atoms with Crippen LogP contribution in [0.4, 0.5) is 0 Å². The molecule has 0 radical (unpaired) electrons. The number of aliphatic hydroxyl groups is 1. The normalized spacial score (nSPS) is 12.1. The molecule has 0 saturated heterocycles. The number of nitrogens with zero attached hydrogens (tertiary/aromatic N) is 2. The maximum atomic E-state index is 12.3. The smallest absolute Gasteiger partial charge is 0.251 e. The minimum absolute atomic E-state index is 0.111. The van der Waals surface area contributed by atoms with Gasteiger partial charge in [-0.15, -0.1) is 0 Å². The molecule has 3 N–H and O–H groups in total. The Kier molecular flexibility index (Phi) is 6.09. The van der Waals surface area contributed by atoms with Gasteiger partial charge in [-0.3, -0.25) is 9.89 Å². The van der Waals surface area contributed by atoms with Gasteiger partial charge in [0, 0.05) is 24.3 Å². The van der Waals surface area contributed by atoms with Gasteiger partial charge in [0.15, 0.2) is 5.82 Å². The number of nitrogens with one attached hydrogen (secondary N) is 2. The Morgan fingerprint density at radius 1 is 1.41 bits per heavy atom. The van der Waals surface area contributed by atoms with Crippen LogP contribution in [0, 0.1) is 5.92 Å². The molecule has 22 heavy (non-hydrogen) atoms. The van der Waals surface area contributed by atoms with Crippen molar-refractivity contribution in [3.63, 3.8) is 0 Å². The van der Waals surface area contributed by atoms with Gasteiger partial charge in [-0.25, -0.2) is 4.98 Å². The van der Waals surface area contributed by atoms with Crippen LogP contribution in [-0.2, 0) is 0 Å². The van der Waals surface area contributed by atoms with Crippen molar-refractivity contribution in [1.82, 2.24) is 20.5 Å². The molecule has 6 nitrogen and oxygen atoms in total. The highest BCUT2D eigenvalue weighted by Crippen LogP contribution is 2.16. The minimum Gasteiger partial charge on any atom is -0.396 e. The van der Waals surface area contributed by atoms with E-state index in [9.17, 15) is 4.79 Å². The third-order valence-corrected chi connectivity index (χ3v) is 3.60. The zero-order valence-electron chi connectivity index (χ0n) is 12.7. The van der Waals surface area contributed by atoms with Crippen LogP contribution in [0.3, 0.4) is 0 Å². The molecule has 0 spiro atoms. The molecule has 2 aromatic rings. The summed E-state index contributed by atoms with van der Waals surface area (Å²) in [6.45, 7) is 2.84. The molecule has 0 aliphatic carbocycles. The van der Waals surface area contributed by atoms with Crippen LogP contribution in [0.15, 0.2) is 30.6 Å². The van der Waals surface area contributed by atoms with Crippen molar-refractivity contribution in [2.24, 2.45) is 5.92 Å². The van der Waals surface area contributed by atoms with E-state index in [2.05, 4.69) is 27.4 Å². The second kappa shape index (κ2) is 8.29. The highest BCUT2D eigenvalue weighted by molar-refractivity contribution is 5.95. The van der Waals surface area contributed by atoms with Crippen LogP contribution in [-0.4, -0.2) is 39.3 Å². The molecule has 0 aliphatic heterocycles. The zero-order valence-corrected chi connectivity index (χ0v) is 12.7. The molecule has 0 aliphatic rings. The summed E-state index contributed by atoms with van der Waals surface area (Å²) in [6, 6.07) is 7.26. The highest BCUT2D eigenvalue weighted by atomic mass is 16.3. The third-order valence-electron chi connectivity index (χ3n) is 3.60. The van der Waals surface area contributed by atoms with E-state index in [0.717, 1.165) is 18.4 Å². The van der Waals surface area contributed by atoms with E-state index in [0.29, 0.717) is 30.3 Å². The van der Waals surface area contributed by atoms with Crippen LogP contribution < -0.4 is 5.32 Å². The monoisotopic (exact) mass is 302 g/mol. The Balaban J connectivity index is 1.99. The molecule has 1 amide bonds. The SMILES string of the molecule is CCCC(CCO)CNC(=O)c1cccc(-c2ncn[nH]2)c1. The Bertz CT molecular complexity index is 578. The van der Waals surface area contributed by atoms with E-state index < -0.39 is 0 Å². The summed E-state index contributed by atoms with van der Waals surface area (Å²) in [6.07, 6.45) is 4.19. The van der Waals surface area contributed by atoms with E-state index in [-0.39, 0.29) is 12.5 Å². The fraction of sp³-hybridized carbons (Fsp3) is 0.438. The van der Waals surface area contributed by atoms with Crippen molar-refractivity contribution in [3.05, 3.63) is 36.2 Å². The second-order valence-electron chi connectivity index (χ2n) is 5.29. The van der Waals surface area contributed by atoms with Gasteiger partial charge in [-0.05, 0) is 30.9 Å². The maximum Gasteiger partial charge on any atom is 0.251 e. The summed E-state index contributed by atoms with van der Waals surface area (Å²) in [5.74, 6) is 0.843. The molecule has 0 saturated carbocycles. The first-order valence-corrected chi connectivity index (χ1v) is 7.59. The Morgan fingerprint density at radius 2 is 2.27 bits per heavy atom. The highest BCUT2D eigenvalue weighted by Gasteiger charge is 2.12. The number of carbonyl (C=O) groups is 1. The molecule has 118 valence electrons. The lowest BCUT2D eigenvalue weighted by Gasteiger charge is -2.15. The van der Waals surface area contributed by atoms with Crippen molar-refractivity contribution in [3.8, 4) is 11.4 Å². The Labute approximate surface area is 130 Å². The van der Waals surface area contributed by atoms with Gasteiger partial charge in [0.2, 0.25) is 0 Å².